The van der Waals surface area contributed by atoms with Gasteiger partial charge in [0.2, 0.25) is 0 Å². The molecule has 0 spiro atoms. The topological polar surface area (TPSA) is 29.5 Å². The molecule has 2 rings (SSSR count). The lowest BCUT2D eigenvalue weighted by molar-refractivity contribution is 0.219. The molecule has 0 saturated heterocycles. The minimum Gasteiger partial charge on any atom is -0.495 e. The van der Waals surface area contributed by atoms with Crippen LogP contribution in [0.3, 0.4) is 0 Å². The van der Waals surface area contributed by atoms with Crippen molar-refractivity contribution in [3.05, 3.63) is 61.5 Å². The zero-order valence-electron chi connectivity index (χ0n) is 10.0. The van der Waals surface area contributed by atoms with Gasteiger partial charge < -0.3 is 9.84 Å². The van der Waals surface area contributed by atoms with E-state index in [0.717, 1.165) is 20.1 Å². The molecular weight excluding hydrogens is 395 g/mol. The van der Waals surface area contributed by atoms with Gasteiger partial charge in [-0.1, -0.05) is 55.6 Å². The molecule has 2 aromatic carbocycles. The van der Waals surface area contributed by atoms with Crippen LogP contribution in [-0.2, 0) is 0 Å². The fourth-order valence-corrected chi connectivity index (χ4v) is 3.21. The largest absolute Gasteiger partial charge is 0.495 e. The van der Waals surface area contributed by atoms with Crippen LogP contribution < -0.4 is 4.74 Å². The number of halogens is 3. The molecule has 0 fully saturated rings. The lowest BCUT2D eigenvalue weighted by atomic mass is 10.0. The van der Waals surface area contributed by atoms with Gasteiger partial charge in [-0.15, -0.1) is 0 Å². The van der Waals surface area contributed by atoms with Crippen molar-refractivity contribution in [2.24, 2.45) is 0 Å². The standard InChI is InChI=1S/C14H11Br2ClO2/c1-19-13-6-8(2-5-12(13)17)14(18)10-4-3-9(15)7-11(10)16/h2-7,14,18H,1H3. The Hall–Kier alpha value is -0.550. The first-order valence-electron chi connectivity index (χ1n) is 5.49. The first-order chi connectivity index (χ1) is 9.02. The average molecular weight is 407 g/mol. The van der Waals surface area contributed by atoms with Crippen LogP contribution in [0.1, 0.15) is 17.2 Å². The predicted molar refractivity (Wildman–Crippen MR) is 83.9 cm³/mol. The Kier molecular flexibility index (Phi) is 4.90. The minimum absolute atomic E-state index is 0.522. The van der Waals surface area contributed by atoms with Crippen LogP contribution >= 0.6 is 43.5 Å². The van der Waals surface area contributed by atoms with Crippen molar-refractivity contribution >= 4 is 43.5 Å². The number of ether oxygens (including phenoxy) is 1. The maximum Gasteiger partial charge on any atom is 0.137 e. The molecule has 1 unspecified atom stereocenters. The summed E-state index contributed by atoms with van der Waals surface area (Å²) in [6, 6.07) is 10.9. The zero-order chi connectivity index (χ0) is 14.0. The maximum absolute atomic E-state index is 10.4. The molecule has 0 aliphatic carbocycles. The van der Waals surface area contributed by atoms with E-state index >= 15 is 0 Å². The summed E-state index contributed by atoms with van der Waals surface area (Å²) >= 11 is 12.8. The van der Waals surface area contributed by atoms with Crippen LogP contribution in [-0.4, -0.2) is 12.2 Å². The Bertz CT molecular complexity index is 602. The molecule has 5 heteroatoms. The number of hydrogen-bond acceptors (Lipinski definition) is 2. The van der Waals surface area contributed by atoms with Gasteiger partial charge in [-0.2, -0.15) is 0 Å². The molecule has 0 aliphatic heterocycles. The van der Waals surface area contributed by atoms with E-state index in [9.17, 15) is 5.11 Å². The maximum atomic E-state index is 10.4. The second-order valence-electron chi connectivity index (χ2n) is 3.96. The van der Waals surface area contributed by atoms with Gasteiger partial charge in [0.25, 0.3) is 0 Å². The molecule has 1 atom stereocenters. The third-order valence-corrected chi connectivity index (χ3v) is 4.24. The third-order valence-electron chi connectivity index (χ3n) is 2.75. The highest BCUT2D eigenvalue weighted by molar-refractivity contribution is 9.11. The van der Waals surface area contributed by atoms with Gasteiger partial charge in [0.05, 0.1) is 12.1 Å². The fraction of sp³-hybridized carbons (Fsp3) is 0.143. The molecule has 2 nitrogen and oxygen atoms in total. The van der Waals surface area contributed by atoms with Gasteiger partial charge in [-0.05, 0) is 35.4 Å². The van der Waals surface area contributed by atoms with Crippen LogP contribution in [0.25, 0.3) is 0 Å². The Morgan fingerprint density at radius 1 is 1.16 bits per heavy atom. The summed E-state index contributed by atoms with van der Waals surface area (Å²) in [5.74, 6) is 0.548. The van der Waals surface area contributed by atoms with Gasteiger partial charge in [0.15, 0.2) is 0 Å². The molecule has 0 saturated carbocycles. The molecule has 0 aliphatic rings. The zero-order valence-corrected chi connectivity index (χ0v) is 14.0. The van der Waals surface area contributed by atoms with E-state index in [-0.39, 0.29) is 0 Å². The van der Waals surface area contributed by atoms with Crippen molar-refractivity contribution in [3.63, 3.8) is 0 Å². The number of aliphatic hydroxyl groups is 1. The minimum atomic E-state index is -0.742. The van der Waals surface area contributed by atoms with Crippen molar-refractivity contribution in [2.75, 3.05) is 7.11 Å². The van der Waals surface area contributed by atoms with Crippen LogP contribution in [0, 0.1) is 0 Å². The highest BCUT2D eigenvalue weighted by Crippen LogP contribution is 2.34. The molecule has 0 bridgehead atoms. The smallest absolute Gasteiger partial charge is 0.137 e. The summed E-state index contributed by atoms with van der Waals surface area (Å²) in [7, 11) is 1.55. The Balaban J connectivity index is 2.40. The molecule has 1 N–H and O–H groups in total. The van der Waals surface area contributed by atoms with Crippen LogP contribution in [0.2, 0.25) is 5.02 Å². The number of aliphatic hydroxyl groups excluding tert-OH is 1. The fourth-order valence-electron chi connectivity index (χ4n) is 1.75. The van der Waals surface area contributed by atoms with E-state index in [0.29, 0.717) is 10.8 Å². The van der Waals surface area contributed by atoms with Crippen molar-refractivity contribution in [1.29, 1.82) is 0 Å². The van der Waals surface area contributed by atoms with E-state index < -0.39 is 6.10 Å². The highest BCUT2D eigenvalue weighted by Gasteiger charge is 2.15. The van der Waals surface area contributed by atoms with Gasteiger partial charge in [0.1, 0.15) is 11.9 Å². The van der Waals surface area contributed by atoms with Crippen molar-refractivity contribution in [1.82, 2.24) is 0 Å². The van der Waals surface area contributed by atoms with Gasteiger partial charge in [-0.3, -0.25) is 0 Å². The summed E-state index contributed by atoms with van der Waals surface area (Å²) in [6.07, 6.45) is -0.742. The highest BCUT2D eigenvalue weighted by atomic mass is 79.9. The average Bonchev–Trinajstić information content (AvgIpc) is 2.38. The predicted octanol–water partition coefficient (Wildman–Crippen LogP) is 4.96. The van der Waals surface area contributed by atoms with E-state index in [2.05, 4.69) is 31.9 Å². The van der Waals surface area contributed by atoms with Crippen molar-refractivity contribution in [3.8, 4) is 5.75 Å². The molecule has 100 valence electrons. The molecule has 0 heterocycles. The van der Waals surface area contributed by atoms with Crippen molar-refractivity contribution in [2.45, 2.75) is 6.10 Å². The van der Waals surface area contributed by atoms with E-state index in [1.54, 1.807) is 25.3 Å². The number of benzene rings is 2. The number of rotatable bonds is 3. The second-order valence-corrected chi connectivity index (χ2v) is 6.14. The van der Waals surface area contributed by atoms with E-state index in [4.69, 9.17) is 16.3 Å². The Morgan fingerprint density at radius 2 is 1.89 bits per heavy atom. The monoisotopic (exact) mass is 404 g/mol. The molecular formula is C14H11Br2ClO2. The quantitative estimate of drug-likeness (QED) is 0.781. The summed E-state index contributed by atoms with van der Waals surface area (Å²) in [5, 5.41) is 11.0. The first-order valence-corrected chi connectivity index (χ1v) is 7.45. The SMILES string of the molecule is COc1cc(C(O)c2ccc(Br)cc2Br)ccc1Cl. The molecule has 19 heavy (non-hydrogen) atoms. The third kappa shape index (κ3) is 3.31. The summed E-state index contributed by atoms with van der Waals surface area (Å²) in [6.45, 7) is 0. The van der Waals surface area contributed by atoms with E-state index in [1.807, 2.05) is 18.2 Å². The van der Waals surface area contributed by atoms with Gasteiger partial charge >= 0.3 is 0 Å². The lowest BCUT2D eigenvalue weighted by Gasteiger charge is -2.15. The summed E-state index contributed by atoms with van der Waals surface area (Å²) in [4.78, 5) is 0. The van der Waals surface area contributed by atoms with Crippen LogP contribution in [0.4, 0.5) is 0 Å². The molecule has 0 amide bonds. The van der Waals surface area contributed by atoms with Crippen LogP contribution in [0.5, 0.6) is 5.75 Å². The van der Waals surface area contributed by atoms with Gasteiger partial charge in [-0.25, -0.2) is 0 Å². The molecule has 2 aromatic rings. The Labute approximate surface area is 133 Å². The number of hydrogen-bond donors (Lipinski definition) is 1. The summed E-state index contributed by atoms with van der Waals surface area (Å²) in [5.41, 5.74) is 1.51. The number of methoxy groups -OCH3 is 1. The van der Waals surface area contributed by atoms with E-state index in [1.165, 1.54) is 0 Å². The molecule has 0 radical (unpaired) electrons. The lowest BCUT2D eigenvalue weighted by Crippen LogP contribution is -2.01. The first kappa shape index (κ1) is 14.9. The Morgan fingerprint density at radius 3 is 2.53 bits per heavy atom. The second kappa shape index (κ2) is 6.27. The molecule has 0 aromatic heterocycles. The normalized spacial score (nSPS) is 12.3. The van der Waals surface area contributed by atoms with Gasteiger partial charge in [0, 0.05) is 8.95 Å². The summed E-state index contributed by atoms with van der Waals surface area (Å²) < 4.78 is 6.94. The van der Waals surface area contributed by atoms with Crippen molar-refractivity contribution < 1.29 is 9.84 Å². The van der Waals surface area contributed by atoms with Crippen LogP contribution in [0.15, 0.2) is 45.3 Å².